The number of hydrogen-bond donors (Lipinski definition) is 0. The maximum atomic E-state index is 2.45. The molecule has 294 valence electrons. The lowest BCUT2D eigenvalue weighted by Gasteiger charge is -2.30. The maximum Gasteiger partial charge on any atom is 0.0540 e. The summed E-state index contributed by atoms with van der Waals surface area (Å²) in [5, 5.41) is 2.45. The fourth-order valence-corrected chi connectivity index (χ4v) is 9.51. The predicted octanol–water partition coefficient (Wildman–Crippen LogP) is 17.0. The second-order valence-corrected chi connectivity index (χ2v) is 17.0. The molecule has 10 aromatic rings. The summed E-state index contributed by atoms with van der Waals surface area (Å²) in [6, 6.07) is 86.6. The second-order valence-electron chi connectivity index (χ2n) is 17.0. The van der Waals surface area contributed by atoms with Gasteiger partial charge in [-0.2, -0.15) is 0 Å². The summed E-state index contributed by atoms with van der Waals surface area (Å²) >= 11 is 0. The van der Waals surface area contributed by atoms with E-state index in [0.29, 0.717) is 0 Å². The molecule has 0 fully saturated rings. The summed E-state index contributed by atoms with van der Waals surface area (Å²) in [5.41, 5.74) is 20.7. The van der Waals surface area contributed by atoms with Gasteiger partial charge in [0.05, 0.1) is 5.69 Å². The summed E-state index contributed by atoms with van der Waals surface area (Å²) in [6.07, 6.45) is 0. The van der Waals surface area contributed by atoms with E-state index in [1.54, 1.807) is 0 Å². The number of fused-ring (bicyclic) bond motifs is 4. The molecule has 0 aliphatic heterocycles. The molecule has 0 amide bonds. The van der Waals surface area contributed by atoms with Crippen LogP contribution in [0, 0.1) is 0 Å². The van der Waals surface area contributed by atoms with Gasteiger partial charge in [-0.15, -0.1) is 0 Å². The van der Waals surface area contributed by atoms with Crippen molar-refractivity contribution in [2.75, 3.05) is 4.90 Å². The molecule has 1 nitrogen and oxygen atoms in total. The molecule has 0 N–H and O–H groups in total. The Morgan fingerprint density at radius 2 is 0.677 bits per heavy atom. The molecule has 1 aliphatic carbocycles. The fraction of sp³-hybridized carbons (Fsp3) is 0.0492. The minimum atomic E-state index is -0.209. The summed E-state index contributed by atoms with van der Waals surface area (Å²) < 4.78 is 0. The lowest BCUT2D eigenvalue weighted by atomic mass is 9.81. The Balaban J connectivity index is 0.947. The highest BCUT2D eigenvalue weighted by molar-refractivity contribution is 5.94. The quantitative estimate of drug-likeness (QED) is 0.148. The molecule has 0 atom stereocenters. The van der Waals surface area contributed by atoms with Crippen molar-refractivity contribution in [3.8, 4) is 66.8 Å². The molecule has 0 unspecified atom stereocenters. The van der Waals surface area contributed by atoms with E-state index in [1.807, 2.05) is 0 Å². The summed E-state index contributed by atoms with van der Waals surface area (Å²) in [6.45, 7) is 4.77. The van der Waals surface area contributed by atoms with Crippen molar-refractivity contribution in [1.29, 1.82) is 0 Å². The van der Waals surface area contributed by atoms with Crippen molar-refractivity contribution in [3.05, 3.63) is 248 Å². The third-order valence-corrected chi connectivity index (χ3v) is 12.9. The molecule has 11 rings (SSSR count). The minimum absolute atomic E-state index is 0.209. The van der Waals surface area contributed by atoms with Crippen LogP contribution in [0.5, 0.6) is 0 Å². The Morgan fingerprint density at radius 3 is 1.27 bits per heavy atom. The van der Waals surface area contributed by atoms with Crippen molar-refractivity contribution in [2.24, 2.45) is 0 Å². The molecule has 10 aromatic carbocycles. The molecule has 0 spiro atoms. The van der Waals surface area contributed by atoms with Crippen molar-refractivity contribution < 1.29 is 0 Å². The van der Waals surface area contributed by atoms with Crippen LogP contribution < -0.4 is 4.90 Å². The molecule has 1 aliphatic rings. The number of para-hydroxylation sites is 1. The number of nitrogens with zero attached hydrogens (tertiary/aromatic N) is 1. The lowest BCUT2D eigenvalue weighted by molar-refractivity contribution is 0.660. The molecule has 0 radical (unpaired) electrons. The van der Waals surface area contributed by atoms with Gasteiger partial charge in [0.1, 0.15) is 0 Å². The van der Waals surface area contributed by atoms with E-state index in [1.165, 1.54) is 88.7 Å². The Kier molecular flexibility index (Phi) is 9.24. The number of anilines is 3. The van der Waals surface area contributed by atoms with Gasteiger partial charge >= 0.3 is 0 Å². The first-order valence-corrected chi connectivity index (χ1v) is 21.6. The van der Waals surface area contributed by atoms with E-state index >= 15 is 0 Å². The second kappa shape index (κ2) is 15.4. The predicted molar refractivity (Wildman–Crippen MR) is 263 cm³/mol. The molecule has 0 aromatic heterocycles. The fourth-order valence-electron chi connectivity index (χ4n) is 9.51. The van der Waals surface area contributed by atoms with Gasteiger partial charge in [0, 0.05) is 22.4 Å². The van der Waals surface area contributed by atoms with Gasteiger partial charge in [-0.05, 0) is 119 Å². The lowest BCUT2D eigenvalue weighted by Crippen LogP contribution is -2.17. The van der Waals surface area contributed by atoms with Crippen molar-refractivity contribution in [1.82, 2.24) is 0 Å². The van der Waals surface area contributed by atoms with Crippen LogP contribution in [0.1, 0.15) is 25.0 Å². The molecule has 62 heavy (non-hydrogen) atoms. The zero-order valence-electron chi connectivity index (χ0n) is 35.0. The van der Waals surface area contributed by atoms with Crippen LogP contribution in [-0.2, 0) is 5.41 Å². The van der Waals surface area contributed by atoms with Crippen LogP contribution in [0.4, 0.5) is 17.1 Å². The number of benzene rings is 10. The van der Waals surface area contributed by atoms with Gasteiger partial charge in [-0.3, -0.25) is 0 Å². The average Bonchev–Trinajstić information content (AvgIpc) is 3.57. The van der Waals surface area contributed by atoms with Gasteiger partial charge in [-0.25, -0.2) is 0 Å². The highest BCUT2D eigenvalue weighted by Gasteiger charge is 2.36. The normalized spacial score (nSPS) is 12.5. The molecule has 0 saturated carbocycles. The number of rotatable bonds is 8. The van der Waals surface area contributed by atoms with Gasteiger partial charge in [0.15, 0.2) is 0 Å². The Bertz CT molecular complexity index is 3220. The van der Waals surface area contributed by atoms with E-state index in [4.69, 9.17) is 0 Å². The van der Waals surface area contributed by atoms with Crippen LogP contribution in [0.3, 0.4) is 0 Å². The smallest absolute Gasteiger partial charge is 0.0540 e. The highest BCUT2D eigenvalue weighted by atomic mass is 15.1. The van der Waals surface area contributed by atoms with Crippen molar-refractivity contribution in [2.45, 2.75) is 19.3 Å². The first-order chi connectivity index (χ1) is 30.5. The van der Waals surface area contributed by atoms with Crippen LogP contribution in [0.25, 0.3) is 77.5 Å². The van der Waals surface area contributed by atoms with Crippen LogP contribution in [0.2, 0.25) is 0 Å². The van der Waals surface area contributed by atoms with Gasteiger partial charge in [-0.1, -0.05) is 214 Å². The number of hydrogen-bond acceptors (Lipinski definition) is 1. The third kappa shape index (κ3) is 6.69. The van der Waals surface area contributed by atoms with E-state index in [0.717, 1.165) is 17.1 Å². The molecule has 0 saturated heterocycles. The van der Waals surface area contributed by atoms with Crippen molar-refractivity contribution >= 4 is 27.8 Å². The van der Waals surface area contributed by atoms with Crippen molar-refractivity contribution in [3.63, 3.8) is 0 Å². The Labute approximate surface area is 364 Å². The zero-order valence-corrected chi connectivity index (χ0v) is 35.0. The molecular weight excluding hydrogens is 747 g/mol. The monoisotopic (exact) mass is 791 g/mol. The van der Waals surface area contributed by atoms with Gasteiger partial charge < -0.3 is 4.90 Å². The SMILES string of the molecule is CC1(C)c2cc(-c3ccc(-c4ccc(-c5ccccc5)cc4)cc3)ccc2-c2ccc(N(c3ccc4ccccc4c3)c3ccccc3-c3ccc(-c4ccccc4)cc3)cc21. The molecular formula is C61H45N. The highest BCUT2D eigenvalue weighted by Crippen LogP contribution is 2.52. The van der Waals surface area contributed by atoms with Gasteiger partial charge in [0.25, 0.3) is 0 Å². The Morgan fingerprint density at radius 1 is 0.274 bits per heavy atom. The van der Waals surface area contributed by atoms with E-state index in [2.05, 4.69) is 255 Å². The van der Waals surface area contributed by atoms with Crippen LogP contribution >= 0.6 is 0 Å². The molecule has 1 heteroatoms. The summed E-state index contributed by atoms with van der Waals surface area (Å²) in [5.74, 6) is 0. The van der Waals surface area contributed by atoms with Crippen LogP contribution in [-0.4, -0.2) is 0 Å². The first-order valence-electron chi connectivity index (χ1n) is 21.6. The largest absolute Gasteiger partial charge is 0.310 e. The minimum Gasteiger partial charge on any atom is -0.310 e. The Hall–Kier alpha value is -7.74. The van der Waals surface area contributed by atoms with E-state index < -0.39 is 0 Å². The maximum absolute atomic E-state index is 2.45. The standard InChI is InChI=1S/C61H45N/c1-61(2)58-40-52(49-27-25-48(26-28-49)47-23-21-45(22-24-47)42-13-5-3-6-14-42)34-37-56(58)57-38-36-54(41-59(57)61)62(53-35-33-44-17-9-10-18-51(44)39-53)60-20-12-11-19-55(60)50-31-29-46(30-32-50)43-15-7-4-8-16-43/h3-41H,1-2H3. The first kappa shape index (κ1) is 37.3. The third-order valence-electron chi connectivity index (χ3n) is 12.9. The summed E-state index contributed by atoms with van der Waals surface area (Å²) in [7, 11) is 0. The van der Waals surface area contributed by atoms with E-state index in [9.17, 15) is 0 Å². The van der Waals surface area contributed by atoms with Crippen LogP contribution in [0.15, 0.2) is 237 Å². The molecule has 0 bridgehead atoms. The average molecular weight is 792 g/mol. The molecule has 0 heterocycles. The van der Waals surface area contributed by atoms with Gasteiger partial charge in [0.2, 0.25) is 0 Å². The summed E-state index contributed by atoms with van der Waals surface area (Å²) in [4.78, 5) is 2.45. The van der Waals surface area contributed by atoms with E-state index in [-0.39, 0.29) is 5.41 Å². The topological polar surface area (TPSA) is 3.24 Å². The zero-order chi connectivity index (χ0) is 41.6.